The van der Waals surface area contributed by atoms with Crippen LogP contribution in [0.5, 0.6) is 5.75 Å². The molecule has 0 saturated carbocycles. The number of thiophene rings is 1. The van der Waals surface area contributed by atoms with Crippen LogP contribution in [-0.4, -0.2) is 11.1 Å². The summed E-state index contributed by atoms with van der Waals surface area (Å²) in [5.74, 6) is -0.639. The number of carbonyl (C=O) groups is 1. The molecule has 0 radical (unpaired) electrons. The van der Waals surface area contributed by atoms with Gasteiger partial charge in [-0.2, -0.15) is 0 Å². The van der Waals surface area contributed by atoms with Crippen molar-refractivity contribution in [3.63, 3.8) is 0 Å². The van der Waals surface area contributed by atoms with E-state index in [-0.39, 0.29) is 5.56 Å². The summed E-state index contributed by atoms with van der Waals surface area (Å²) in [7, 11) is 0. The molecule has 1 aromatic heterocycles. The molecule has 0 atom stereocenters. The Labute approximate surface area is 125 Å². The molecule has 0 spiro atoms. The molecule has 0 fully saturated rings. The predicted octanol–water partition coefficient (Wildman–Crippen LogP) is 4.55. The number of carboxylic acid groups (broad SMARTS) is 1. The fourth-order valence-electron chi connectivity index (χ4n) is 1.36. The average molecular weight is 392 g/mol. The lowest BCUT2D eigenvalue weighted by Gasteiger charge is -2.09. The molecule has 0 bridgehead atoms. The highest BCUT2D eigenvalue weighted by atomic mass is 79.9. The molecular weight excluding hydrogens is 384 g/mol. The van der Waals surface area contributed by atoms with Gasteiger partial charge in [0.15, 0.2) is 0 Å². The minimum atomic E-state index is -0.997. The number of ether oxygens (including phenoxy) is 1. The van der Waals surface area contributed by atoms with Crippen LogP contribution in [0.15, 0.2) is 38.6 Å². The Morgan fingerprint density at radius 2 is 2.11 bits per heavy atom. The molecule has 0 aliphatic heterocycles. The normalized spacial score (nSPS) is 10.3. The van der Waals surface area contributed by atoms with Gasteiger partial charge in [-0.3, -0.25) is 0 Å². The Morgan fingerprint density at radius 1 is 1.33 bits per heavy atom. The number of benzene rings is 1. The van der Waals surface area contributed by atoms with Gasteiger partial charge in [0.2, 0.25) is 0 Å². The SMILES string of the molecule is O=C(O)c1ccc(Br)cc1OCc1sccc1Br. The molecule has 0 aliphatic rings. The van der Waals surface area contributed by atoms with Gasteiger partial charge in [0.25, 0.3) is 0 Å². The Morgan fingerprint density at radius 3 is 2.72 bits per heavy atom. The van der Waals surface area contributed by atoms with Crippen molar-refractivity contribution in [2.75, 3.05) is 0 Å². The van der Waals surface area contributed by atoms with E-state index in [1.54, 1.807) is 23.5 Å². The number of halogens is 2. The van der Waals surface area contributed by atoms with Gasteiger partial charge in [0, 0.05) is 8.95 Å². The van der Waals surface area contributed by atoms with E-state index >= 15 is 0 Å². The zero-order valence-electron chi connectivity index (χ0n) is 9.02. The number of carboxylic acids is 1. The van der Waals surface area contributed by atoms with Crippen molar-refractivity contribution in [2.24, 2.45) is 0 Å². The first-order valence-electron chi connectivity index (χ1n) is 4.95. The lowest BCUT2D eigenvalue weighted by molar-refractivity contribution is 0.0692. The maximum absolute atomic E-state index is 11.1. The second-order valence-electron chi connectivity index (χ2n) is 3.43. The van der Waals surface area contributed by atoms with E-state index in [1.807, 2.05) is 11.4 Å². The average Bonchev–Trinajstić information content (AvgIpc) is 2.72. The van der Waals surface area contributed by atoms with Crippen LogP contribution >= 0.6 is 43.2 Å². The molecular formula is C12H8Br2O3S. The van der Waals surface area contributed by atoms with Crippen LogP contribution in [-0.2, 0) is 6.61 Å². The topological polar surface area (TPSA) is 46.5 Å². The van der Waals surface area contributed by atoms with Crippen LogP contribution in [0.3, 0.4) is 0 Å². The van der Waals surface area contributed by atoms with Gasteiger partial charge in [-0.25, -0.2) is 4.79 Å². The summed E-state index contributed by atoms with van der Waals surface area (Å²) in [4.78, 5) is 12.1. The van der Waals surface area contributed by atoms with Crippen molar-refractivity contribution in [1.82, 2.24) is 0 Å². The van der Waals surface area contributed by atoms with Gasteiger partial charge in [0.1, 0.15) is 17.9 Å². The molecule has 3 nitrogen and oxygen atoms in total. The number of rotatable bonds is 4. The van der Waals surface area contributed by atoms with Crippen LogP contribution in [0.4, 0.5) is 0 Å². The van der Waals surface area contributed by atoms with E-state index in [9.17, 15) is 4.79 Å². The monoisotopic (exact) mass is 390 g/mol. The lowest BCUT2D eigenvalue weighted by atomic mass is 10.2. The molecule has 1 heterocycles. The molecule has 6 heteroatoms. The fourth-order valence-corrected chi connectivity index (χ4v) is 3.08. The molecule has 0 saturated heterocycles. The van der Waals surface area contributed by atoms with Crippen molar-refractivity contribution in [1.29, 1.82) is 0 Å². The smallest absolute Gasteiger partial charge is 0.339 e. The molecule has 0 unspecified atom stereocenters. The van der Waals surface area contributed by atoms with Gasteiger partial charge < -0.3 is 9.84 Å². The van der Waals surface area contributed by atoms with Gasteiger partial charge in [-0.15, -0.1) is 11.3 Å². The molecule has 18 heavy (non-hydrogen) atoms. The van der Waals surface area contributed by atoms with Crippen LogP contribution in [0, 0.1) is 0 Å². The standard InChI is InChI=1S/C12H8Br2O3S/c13-7-1-2-8(12(15)16)10(5-7)17-6-11-9(14)3-4-18-11/h1-5H,6H2,(H,15,16). The first-order chi connectivity index (χ1) is 8.58. The van der Waals surface area contributed by atoms with E-state index in [0.717, 1.165) is 13.8 Å². The summed E-state index contributed by atoms with van der Waals surface area (Å²) in [6.45, 7) is 0.342. The number of hydrogen-bond acceptors (Lipinski definition) is 3. The maximum Gasteiger partial charge on any atom is 0.339 e. The van der Waals surface area contributed by atoms with Crippen molar-refractivity contribution in [3.05, 3.63) is 49.0 Å². The Hall–Kier alpha value is -0.850. The second-order valence-corrected chi connectivity index (χ2v) is 6.20. The summed E-state index contributed by atoms with van der Waals surface area (Å²) in [5.41, 5.74) is 0.158. The molecule has 0 amide bonds. The summed E-state index contributed by atoms with van der Waals surface area (Å²) in [5, 5.41) is 11.0. The van der Waals surface area contributed by atoms with Gasteiger partial charge in [0.05, 0.1) is 4.88 Å². The lowest BCUT2D eigenvalue weighted by Crippen LogP contribution is -2.02. The minimum absolute atomic E-state index is 0.158. The Kier molecular flexibility index (Phi) is 4.42. The van der Waals surface area contributed by atoms with Crippen molar-refractivity contribution >= 4 is 49.2 Å². The molecule has 2 rings (SSSR count). The molecule has 1 aromatic carbocycles. The van der Waals surface area contributed by atoms with Crippen LogP contribution in [0.25, 0.3) is 0 Å². The second kappa shape index (κ2) is 5.86. The van der Waals surface area contributed by atoms with Crippen LogP contribution < -0.4 is 4.74 Å². The van der Waals surface area contributed by atoms with E-state index in [0.29, 0.717) is 12.4 Å². The summed E-state index contributed by atoms with van der Waals surface area (Å²) in [6.07, 6.45) is 0. The summed E-state index contributed by atoms with van der Waals surface area (Å²) >= 11 is 8.26. The summed E-state index contributed by atoms with van der Waals surface area (Å²) in [6, 6.07) is 6.79. The molecule has 0 aliphatic carbocycles. The third-order valence-electron chi connectivity index (χ3n) is 2.22. The van der Waals surface area contributed by atoms with Crippen LogP contribution in [0.2, 0.25) is 0 Å². The highest BCUT2D eigenvalue weighted by molar-refractivity contribution is 9.10. The Balaban J connectivity index is 2.20. The van der Waals surface area contributed by atoms with E-state index in [1.165, 1.54) is 6.07 Å². The van der Waals surface area contributed by atoms with E-state index < -0.39 is 5.97 Å². The predicted molar refractivity (Wildman–Crippen MR) is 77.5 cm³/mol. The quantitative estimate of drug-likeness (QED) is 0.831. The zero-order chi connectivity index (χ0) is 13.1. The third kappa shape index (κ3) is 3.13. The van der Waals surface area contributed by atoms with Gasteiger partial charge in [-0.1, -0.05) is 15.9 Å². The van der Waals surface area contributed by atoms with Crippen molar-refractivity contribution in [3.8, 4) is 5.75 Å². The highest BCUT2D eigenvalue weighted by Crippen LogP contribution is 2.28. The summed E-state index contributed by atoms with van der Waals surface area (Å²) < 4.78 is 7.33. The highest BCUT2D eigenvalue weighted by Gasteiger charge is 2.12. The Bertz CT molecular complexity index is 580. The number of aromatic carboxylic acids is 1. The molecule has 1 N–H and O–H groups in total. The van der Waals surface area contributed by atoms with Crippen LogP contribution in [0.1, 0.15) is 15.2 Å². The number of hydrogen-bond donors (Lipinski definition) is 1. The fraction of sp³-hybridized carbons (Fsp3) is 0.0833. The van der Waals surface area contributed by atoms with Gasteiger partial charge >= 0.3 is 5.97 Å². The van der Waals surface area contributed by atoms with Gasteiger partial charge in [-0.05, 0) is 45.6 Å². The first kappa shape index (κ1) is 13.6. The van der Waals surface area contributed by atoms with E-state index in [2.05, 4.69) is 31.9 Å². The third-order valence-corrected chi connectivity index (χ3v) is 4.62. The van der Waals surface area contributed by atoms with Crippen molar-refractivity contribution < 1.29 is 14.6 Å². The minimum Gasteiger partial charge on any atom is -0.487 e. The first-order valence-corrected chi connectivity index (χ1v) is 7.42. The largest absolute Gasteiger partial charge is 0.487 e. The zero-order valence-corrected chi connectivity index (χ0v) is 13.0. The van der Waals surface area contributed by atoms with Crippen molar-refractivity contribution in [2.45, 2.75) is 6.61 Å². The maximum atomic E-state index is 11.1. The molecule has 94 valence electrons. The molecule has 2 aromatic rings. The van der Waals surface area contributed by atoms with E-state index in [4.69, 9.17) is 9.84 Å².